The molecule has 0 aromatic carbocycles. The number of aromatic nitrogens is 1. The maximum Gasteiger partial charge on any atom is 0.258 e. The van der Waals surface area contributed by atoms with E-state index in [0.717, 1.165) is 5.56 Å². The van der Waals surface area contributed by atoms with E-state index in [1.54, 1.807) is 23.4 Å². The molecule has 0 aliphatic heterocycles. The van der Waals surface area contributed by atoms with E-state index in [-0.39, 0.29) is 5.91 Å². The lowest BCUT2D eigenvalue weighted by Gasteiger charge is -2.22. The van der Waals surface area contributed by atoms with E-state index in [0.29, 0.717) is 34.7 Å². The Bertz CT molecular complexity index is 630. The highest BCUT2D eigenvalue weighted by molar-refractivity contribution is 9.10. The molecule has 1 amide bonds. The third kappa shape index (κ3) is 4.37. The second-order valence-electron chi connectivity index (χ2n) is 4.41. The molecule has 7 heteroatoms. The summed E-state index contributed by atoms with van der Waals surface area (Å²) in [6, 6.07) is 5.38. The van der Waals surface area contributed by atoms with Crippen molar-refractivity contribution >= 4 is 39.0 Å². The van der Waals surface area contributed by atoms with Gasteiger partial charge in [-0.25, -0.2) is 0 Å². The summed E-state index contributed by atoms with van der Waals surface area (Å²) >= 11 is 8.11. The van der Waals surface area contributed by atoms with Gasteiger partial charge in [0.1, 0.15) is 0 Å². The summed E-state index contributed by atoms with van der Waals surface area (Å²) < 4.78 is 5.53. The molecule has 21 heavy (non-hydrogen) atoms. The summed E-state index contributed by atoms with van der Waals surface area (Å²) in [5.74, 6) is -0.143. The number of hydrogen-bond acceptors (Lipinski definition) is 4. The van der Waals surface area contributed by atoms with Crippen molar-refractivity contribution in [1.29, 1.82) is 0 Å². The molecule has 0 spiro atoms. The molecule has 0 saturated carbocycles. The molecule has 0 unspecified atom stereocenters. The zero-order valence-electron chi connectivity index (χ0n) is 11.2. The van der Waals surface area contributed by atoms with Crippen LogP contribution in [0.15, 0.2) is 45.9 Å². The minimum absolute atomic E-state index is 0.143. The fourth-order valence-electron chi connectivity index (χ4n) is 1.83. The number of nitrogens with two attached hydrogens (primary N) is 1. The molecule has 0 saturated heterocycles. The van der Waals surface area contributed by atoms with Crippen molar-refractivity contribution in [1.82, 2.24) is 9.88 Å². The Kier molecular flexibility index (Phi) is 5.46. The van der Waals surface area contributed by atoms with Crippen LogP contribution in [0.1, 0.15) is 22.3 Å². The first kappa shape index (κ1) is 15.7. The molecule has 0 atom stereocenters. The van der Waals surface area contributed by atoms with Gasteiger partial charge in [-0.1, -0.05) is 18.3 Å². The minimum Gasteiger partial charge on any atom is -0.457 e. The van der Waals surface area contributed by atoms with E-state index in [4.69, 9.17) is 22.4 Å². The first-order valence-electron chi connectivity index (χ1n) is 6.27. The van der Waals surface area contributed by atoms with Gasteiger partial charge in [0.15, 0.2) is 4.67 Å². The number of rotatable bonds is 6. The maximum atomic E-state index is 12.6. The number of furan rings is 1. The second-order valence-corrected chi connectivity index (χ2v) is 5.66. The van der Waals surface area contributed by atoms with E-state index >= 15 is 0 Å². The third-order valence-corrected chi connectivity index (χ3v) is 3.68. The SMILES string of the molecule is NC(=S)CCN(Cc1cccnc1)C(=O)c1ccoc1Br. The third-order valence-electron chi connectivity index (χ3n) is 2.86. The normalized spacial score (nSPS) is 10.3. The van der Waals surface area contributed by atoms with Crippen molar-refractivity contribution in [3.8, 4) is 0 Å². The first-order valence-corrected chi connectivity index (χ1v) is 7.47. The van der Waals surface area contributed by atoms with Crippen LogP contribution in [0.5, 0.6) is 0 Å². The lowest BCUT2D eigenvalue weighted by molar-refractivity contribution is 0.0746. The summed E-state index contributed by atoms with van der Waals surface area (Å²) in [4.78, 5) is 18.7. The summed E-state index contributed by atoms with van der Waals surface area (Å²) in [6.07, 6.45) is 5.35. The summed E-state index contributed by atoms with van der Waals surface area (Å²) in [7, 11) is 0. The molecule has 0 aliphatic carbocycles. The average Bonchev–Trinajstić information content (AvgIpc) is 2.90. The van der Waals surface area contributed by atoms with E-state index in [1.165, 1.54) is 6.26 Å². The molecule has 0 fully saturated rings. The number of nitrogens with zero attached hydrogens (tertiary/aromatic N) is 2. The highest BCUT2D eigenvalue weighted by Gasteiger charge is 2.20. The van der Waals surface area contributed by atoms with Gasteiger partial charge in [-0.05, 0) is 33.6 Å². The van der Waals surface area contributed by atoms with Gasteiger partial charge in [0, 0.05) is 31.9 Å². The lowest BCUT2D eigenvalue weighted by Crippen LogP contribution is -2.33. The first-order chi connectivity index (χ1) is 10.1. The fourth-order valence-corrected chi connectivity index (χ4v) is 2.33. The Morgan fingerprint density at radius 3 is 2.86 bits per heavy atom. The van der Waals surface area contributed by atoms with Gasteiger partial charge in [-0.15, -0.1) is 0 Å². The van der Waals surface area contributed by atoms with Gasteiger partial charge in [0.25, 0.3) is 5.91 Å². The van der Waals surface area contributed by atoms with Crippen molar-refractivity contribution in [3.05, 3.63) is 52.7 Å². The molecule has 0 radical (unpaired) electrons. The Morgan fingerprint density at radius 1 is 1.48 bits per heavy atom. The summed E-state index contributed by atoms with van der Waals surface area (Å²) in [6.45, 7) is 0.883. The van der Waals surface area contributed by atoms with Crippen LogP contribution in [0.25, 0.3) is 0 Å². The van der Waals surface area contributed by atoms with Crippen LogP contribution in [-0.2, 0) is 6.54 Å². The molecule has 2 N–H and O–H groups in total. The number of thiocarbonyl (C=S) groups is 1. The molecule has 2 aromatic heterocycles. The monoisotopic (exact) mass is 367 g/mol. The van der Waals surface area contributed by atoms with Crippen LogP contribution in [0.4, 0.5) is 0 Å². The zero-order chi connectivity index (χ0) is 15.2. The Hall–Kier alpha value is -1.73. The average molecular weight is 368 g/mol. The molecule has 2 heterocycles. The smallest absolute Gasteiger partial charge is 0.258 e. The van der Waals surface area contributed by atoms with E-state index < -0.39 is 0 Å². The molecule has 2 aromatic rings. The van der Waals surface area contributed by atoms with Crippen LogP contribution >= 0.6 is 28.1 Å². The number of carbonyl (C=O) groups excluding carboxylic acids is 1. The second kappa shape index (κ2) is 7.33. The number of carbonyl (C=O) groups is 1. The van der Waals surface area contributed by atoms with E-state index in [1.807, 2.05) is 12.1 Å². The number of amides is 1. The number of halogens is 1. The molecular weight excluding hydrogens is 354 g/mol. The van der Waals surface area contributed by atoms with Crippen molar-refractivity contribution in [3.63, 3.8) is 0 Å². The van der Waals surface area contributed by atoms with Gasteiger partial charge in [0.05, 0.1) is 16.8 Å². The number of pyridine rings is 1. The Labute approximate surface area is 136 Å². The fraction of sp³-hybridized carbons (Fsp3) is 0.214. The van der Waals surface area contributed by atoms with Gasteiger partial charge in [-0.3, -0.25) is 9.78 Å². The van der Waals surface area contributed by atoms with E-state index in [2.05, 4.69) is 20.9 Å². The highest BCUT2D eigenvalue weighted by Crippen LogP contribution is 2.20. The Balaban J connectivity index is 2.17. The number of hydrogen-bond donors (Lipinski definition) is 1. The van der Waals surface area contributed by atoms with Gasteiger partial charge in [0.2, 0.25) is 0 Å². The predicted molar refractivity (Wildman–Crippen MR) is 86.8 cm³/mol. The van der Waals surface area contributed by atoms with Crippen LogP contribution in [0.2, 0.25) is 0 Å². The van der Waals surface area contributed by atoms with Crippen molar-refractivity contribution in [2.24, 2.45) is 5.73 Å². The van der Waals surface area contributed by atoms with Crippen molar-refractivity contribution < 1.29 is 9.21 Å². The summed E-state index contributed by atoms with van der Waals surface area (Å²) in [5, 5.41) is 0. The van der Waals surface area contributed by atoms with Gasteiger partial charge in [-0.2, -0.15) is 0 Å². The topological polar surface area (TPSA) is 72.4 Å². The Morgan fingerprint density at radius 2 is 2.29 bits per heavy atom. The molecular formula is C14H14BrN3O2S. The standard InChI is InChI=1S/C14H14BrN3O2S/c15-13-11(4-7-20-13)14(19)18(6-3-12(16)21)9-10-2-1-5-17-8-10/h1-2,4-5,7-8H,3,6,9H2,(H2,16,21). The largest absolute Gasteiger partial charge is 0.457 e. The van der Waals surface area contributed by atoms with Gasteiger partial charge >= 0.3 is 0 Å². The van der Waals surface area contributed by atoms with Crippen LogP contribution in [-0.4, -0.2) is 27.3 Å². The van der Waals surface area contributed by atoms with Crippen LogP contribution in [0, 0.1) is 0 Å². The quantitative estimate of drug-likeness (QED) is 0.794. The molecule has 110 valence electrons. The zero-order valence-corrected chi connectivity index (χ0v) is 13.6. The van der Waals surface area contributed by atoms with Gasteiger partial charge < -0.3 is 15.1 Å². The minimum atomic E-state index is -0.143. The van der Waals surface area contributed by atoms with Crippen molar-refractivity contribution in [2.45, 2.75) is 13.0 Å². The molecule has 0 aliphatic rings. The van der Waals surface area contributed by atoms with Crippen LogP contribution in [0.3, 0.4) is 0 Å². The maximum absolute atomic E-state index is 12.6. The van der Waals surface area contributed by atoms with E-state index in [9.17, 15) is 4.79 Å². The lowest BCUT2D eigenvalue weighted by atomic mass is 10.2. The highest BCUT2D eigenvalue weighted by atomic mass is 79.9. The molecule has 2 rings (SSSR count). The van der Waals surface area contributed by atoms with Crippen molar-refractivity contribution in [2.75, 3.05) is 6.54 Å². The predicted octanol–water partition coefficient (Wildman–Crippen LogP) is 2.76. The molecule has 5 nitrogen and oxygen atoms in total. The van der Waals surface area contributed by atoms with Crippen LogP contribution < -0.4 is 5.73 Å². The summed E-state index contributed by atoms with van der Waals surface area (Å²) in [5.41, 5.74) is 6.95. The molecule has 0 bridgehead atoms.